The molecule has 1 saturated carbocycles. The molecular formula is C12H21ClN4O2. The lowest BCUT2D eigenvalue weighted by Gasteiger charge is -2.57. The zero-order chi connectivity index (χ0) is 13.4. The lowest BCUT2D eigenvalue weighted by Crippen LogP contribution is -2.74. The molecular weight excluding hydrogens is 268 g/mol. The summed E-state index contributed by atoms with van der Waals surface area (Å²) >= 11 is 0. The van der Waals surface area contributed by atoms with Gasteiger partial charge in [0.25, 0.3) is 0 Å². The Morgan fingerprint density at radius 1 is 1.68 bits per heavy atom. The molecule has 1 fully saturated rings. The van der Waals surface area contributed by atoms with Crippen molar-refractivity contribution in [2.24, 2.45) is 11.1 Å². The Bertz CT molecular complexity index is 435. The predicted octanol–water partition coefficient (Wildman–Crippen LogP) is 1.30. The number of anilines is 1. The molecule has 0 bridgehead atoms. The Balaban J connectivity index is 0.00000180. The second kappa shape index (κ2) is 5.48. The van der Waals surface area contributed by atoms with Crippen LogP contribution in [0.2, 0.25) is 0 Å². The molecule has 0 aliphatic heterocycles. The Kier molecular flexibility index (Phi) is 4.60. The van der Waals surface area contributed by atoms with Gasteiger partial charge < -0.3 is 15.8 Å². The molecule has 108 valence electrons. The number of nitrogens with zero attached hydrogens (tertiary/aromatic N) is 1. The van der Waals surface area contributed by atoms with Crippen LogP contribution < -0.4 is 11.1 Å². The van der Waals surface area contributed by atoms with E-state index in [-0.39, 0.29) is 29.8 Å². The van der Waals surface area contributed by atoms with Crippen LogP contribution in [-0.4, -0.2) is 34.4 Å². The Labute approximate surface area is 118 Å². The van der Waals surface area contributed by atoms with Gasteiger partial charge in [-0.2, -0.15) is 5.10 Å². The number of H-pyrrole nitrogens is 1. The van der Waals surface area contributed by atoms with E-state index >= 15 is 0 Å². The van der Waals surface area contributed by atoms with Crippen molar-refractivity contribution in [3.8, 4) is 0 Å². The van der Waals surface area contributed by atoms with Crippen LogP contribution in [0.15, 0.2) is 12.4 Å². The first-order chi connectivity index (χ1) is 8.41. The van der Waals surface area contributed by atoms with Gasteiger partial charge in [-0.1, -0.05) is 13.8 Å². The second-order valence-electron chi connectivity index (χ2n) is 5.28. The lowest BCUT2D eigenvalue weighted by atomic mass is 9.54. The number of amides is 1. The summed E-state index contributed by atoms with van der Waals surface area (Å²) in [4.78, 5) is 12.2. The number of ether oxygens (including phenoxy) is 1. The highest BCUT2D eigenvalue weighted by Gasteiger charge is 2.62. The van der Waals surface area contributed by atoms with Crippen LogP contribution in [-0.2, 0) is 9.53 Å². The maximum absolute atomic E-state index is 12.2. The van der Waals surface area contributed by atoms with E-state index in [1.807, 2.05) is 20.8 Å². The summed E-state index contributed by atoms with van der Waals surface area (Å²) in [6.07, 6.45) is 3.74. The maximum Gasteiger partial charge on any atom is 0.245 e. The fraction of sp³-hybridized carbons (Fsp3) is 0.667. The molecule has 2 unspecified atom stereocenters. The first-order valence-electron chi connectivity index (χ1n) is 6.12. The van der Waals surface area contributed by atoms with E-state index in [4.69, 9.17) is 10.5 Å². The summed E-state index contributed by atoms with van der Waals surface area (Å²) in [7, 11) is 0. The van der Waals surface area contributed by atoms with Crippen LogP contribution in [0.5, 0.6) is 0 Å². The van der Waals surface area contributed by atoms with E-state index in [1.165, 1.54) is 0 Å². The van der Waals surface area contributed by atoms with Gasteiger partial charge in [0.1, 0.15) is 5.54 Å². The highest BCUT2D eigenvalue weighted by atomic mass is 35.5. The Morgan fingerprint density at radius 3 is 2.84 bits per heavy atom. The van der Waals surface area contributed by atoms with Crippen molar-refractivity contribution in [1.29, 1.82) is 0 Å². The summed E-state index contributed by atoms with van der Waals surface area (Å²) in [5, 5.41) is 9.19. The molecule has 4 N–H and O–H groups in total. The van der Waals surface area contributed by atoms with Gasteiger partial charge in [0.05, 0.1) is 18.0 Å². The number of hydrogen-bond acceptors (Lipinski definition) is 4. The summed E-state index contributed by atoms with van der Waals surface area (Å²) < 4.78 is 5.60. The zero-order valence-corrected chi connectivity index (χ0v) is 12.2. The topological polar surface area (TPSA) is 93.0 Å². The number of nitrogens with one attached hydrogen (secondary N) is 2. The molecule has 1 amide bonds. The summed E-state index contributed by atoms with van der Waals surface area (Å²) in [5.74, 6) is -0.190. The first kappa shape index (κ1) is 15.9. The third-order valence-electron chi connectivity index (χ3n) is 3.99. The van der Waals surface area contributed by atoms with Crippen LogP contribution >= 0.6 is 12.4 Å². The quantitative estimate of drug-likeness (QED) is 0.778. The van der Waals surface area contributed by atoms with Gasteiger partial charge in [0.2, 0.25) is 5.91 Å². The van der Waals surface area contributed by atoms with Crippen LogP contribution in [0.3, 0.4) is 0 Å². The largest absolute Gasteiger partial charge is 0.378 e. The number of carbonyl (C=O) groups is 1. The number of hydrogen-bond donors (Lipinski definition) is 3. The van der Waals surface area contributed by atoms with E-state index in [1.54, 1.807) is 12.4 Å². The number of nitrogens with two attached hydrogens (primary N) is 1. The van der Waals surface area contributed by atoms with Gasteiger partial charge in [0, 0.05) is 24.6 Å². The van der Waals surface area contributed by atoms with Crippen molar-refractivity contribution in [3.05, 3.63) is 12.4 Å². The smallest absolute Gasteiger partial charge is 0.245 e. The molecule has 0 saturated heterocycles. The molecule has 1 aliphatic rings. The Hall–Kier alpha value is -1.11. The SMILES string of the molecule is CCOC1CC(N)(C(=O)Nc2cn[nH]c2)C1(C)C.Cl. The Morgan fingerprint density at radius 2 is 2.37 bits per heavy atom. The first-order valence-corrected chi connectivity index (χ1v) is 6.12. The van der Waals surface area contributed by atoms with Gasteiger partial charge >= 0.3 is 0 Å². The zero-order valence-electron chi connectivity index (χ0n) is 11.4. The van der Waals surface area contributed by atoms with E-state index in [9.17, 15) is 4.79 Å². The monoisotopic (exact) mass is 288 g/mol. The highest BCUT2D eigenvalue weighted by Crippen LogP contribution is 2.50. The minimum absolute atomic E-state index is 0. The number of rotatable bonds is 4. The van der Waals surface area contributed by atoms with Gasteiger partial charge in [-0.05, 0) is 6.92 Å². The van der Waals surface area contributed by atoms with Gasteiger partial charge in [-0.25, -0.2) is 0 Å². The standard InChI is InChI=1S/C12H20N4O2.ClH/c1-4-18-9-5-12(13,11(9,2)3)10(17)16-8-6-14-15-7-8;/h6-7,9H,4-5,13H2,1-3H3,(H,14,15)(H,16,17);1H. The van der Waals surface area contributed by atoms with Crippen molar-refractivity contribution < 1.29 is 9.53 Å². The molecule has 0 spiro atoms. The van der Waals surface area contributed by atoms with Crippen LogP contribution in [0, 0.1) is 5.41 Å². The van der Waals surface area contributed by atoms with Gasteiger partial charge in [-0.3, -0.25) is 9.89 Å². The molecule has 1 heterocycles. The molecule has 0 radical (unpaired) electrons. The van der Waals surface area contributed by atoms with Crippen LogP contribution in [0.1, 0.15) is 27.2 Å². The summed E-state index contributed by atoms with van der Waals surface area (Å²) in [6.45, 7) is 6.50. The van der Waals surface area contributed by atoms with Crippen LogP contribution in [0.25, 0.3) is 0 Å². The molecule has 2 atom stereocenters. The predicted molar refractivity (Wildman–Crippen MR) is 75.2 cm³/mol. The average Bonchev–Trinajstić information content (AvgIpc) is 2.81. The number of aromatic nitrogens is 2. The van der Waals surface area contributed by atoms with Gasteiger partial charge in [0.15, 0.2) is 0 Å². The molecule has 6 nitrogen and oxygen atoms in total. The molecule has 19 heavy (non-hydrogen) atoms. The molecule has 1 aliphatic carbocycles. The molecule has 2 rings (SSSR count). The second-order valence-corrected chi connectivity index (χ2v) is 5.28. The highest BCUT2D eigenvalue weighted by molar-refractivity contribution is 5.99. The third-order valence-corrected chi connectivity index (χ3v) is 3.99. The van der Waals surface area contributed by atoms with E-state index in [0.29, 0.717) is 18.7 Å². The van der Waals surface area contributed by atoms with Gasteiger partial charge in [-0.15, -0.1) is 12.4 Å². The van der Waals surface area contributed by atoms with Crippen molar-refractivity contribution in [2.45, 2.75) is 38.8 Å². The number of carbonyl (C=O) groups excluding carboxylic acids is 1. The minimum Gasteiger partial charge on any atom is -0.378 e. The van der Waals surface area contributed by atoms with Crippen molar-refractivity contribution >= 4 is 24.0 Å². The maximum atomic E-state index is 12.2. The third kappa shape index (κ3) is 2.48. The van der Waals surface area contributed by atoms with Crippen LogP contribution in [0.4, 0.5) is 5.69 Å². The fourth-order valence-electron chi connectivity index (χ4n) is 2.38. The average molecular weight is 289 g/mol. The number of aromatic amines is 1. The van der Waals surface area contributed by atoms with Crippen molar-refractivity contribution in [1.82, 2.24) is 10.2 Å². The summed E-state index contributed by atoms with van der Waals surface area (Å²) in [5.41, 5.74) is 5.59. The minimum atomic E-state index is -0.899. The van der Waals surface area contributed by atoms with E-state index in [0.717, 1.165) is 0 Å². The van der Waals surface area contributed by atoms with Crippen molar-refractivity contribution in [2.75, 3.05) is 11.9 Å². The normalized spacial score (nSPS) is 28.1. The fourth-order valence-corrected chi connectivity index (χ4v) is 2.38. The molecule has 0 aromatic carbocycles. The van der Waals surface area contributed by atoms with E-state index < -0.39 is 5.54 Å². The summed E-state index contributed by atoms with van der Waals surface area (Å²) in [6, 6.07) is 0. The van der Waals surface area contributed by atoms with E-state index in [2.05, 4.69) is 15.5 Å². The number of halogens is 1. The van der Waals surface area contributed by atoms with Crippen molar-refractivity contribution in [3.63, 3.8) is 0 Å². The molecule has 1 aromatic heterocycles. The lowest BCUT2D eigenvalue weighted by molar-refractivity contribution is -0.166. The molecule has 1 aromatic rings. The molecule has 7 heteroatoms.